The number of carbonyl (C=O) groups excluding carboxylic acids is 1. The first-order valence-corrected chi connectivity index (χ1v) is 14.6. The molecule has 2 aromatic heterocycles. The highest BCUT2D eigenvalue weighted by atomic mass is 19.1. The van der Waals surface area contributed by atoms with E-state index in [2.05, 4.69) is 31.1 Å². The van der Waals surface area contributed by atoms with Crippen molar-refractivity contribution < 1.29 is 27.8 Å². The number of nitrogens with one attached hydrogen (secondary N) is 1. The van der Waals surface area contributed by atoms with Crippen LogP contribution < -0.4 is 15.0 Å². The number of benzene rings is 2. The second-order valence-electron chi connectivity index (χ2n) is 12.1. The number of terminal acetylenes is 1. The largest absolute Gasteiger partial charge is 0.508 e. The van der Waals surface area contributed by atoms with Gasteiger partial charge < -0.3 is 20.1 Å². The van der Waals surface area contributed by atoms with Gasteiger partial charge in [0.25, 0.3) is 0 Å². The minimum absolute atomic E-state index is 0.0689. The van der Waals surface area contributed by atoms with E-state index in [0.717, 1.165) is 19.4 Å². The number of ether oxygens (including phenoxy) is 1. The molecule has 2 aromatic carbocycles. The first-order valence-electron chi connectivity index (χ1n) is 14.6. The van der Waals surface area contributed by atoms with Gasteiger partial charge in [0.05, 0.1) is 16.5 Å². The molecular weight excluding hydrogens is 573 g/mol. The van der Waals surface area contributed by atoms with Gasteiger partial charge in [0.2, 0.25) is 5.91 Å². The third-order valence-corrected chi connectivity index (χ3v) is 9.55. The van der Waals surface area contributed by atoms with Gasteiger partial charge in [0, 0.05) is 42.7 Å². The number of carbonyl (C=O) groups is 1. The van der Waals surface area contributed by atoms with Crippen LogP contribution in [-0.4, -0.2) is 80.9 Å². The molecular formula is C32H27F3N6O3. The molecule has 0 spiro atoms. The van der Waals surface area contributed by atoms with Crippen LogP contribution in [0.2, 0.25) is 0 Å². The number of fused-ring (bicyclic) bond motifs is 5. The highest BCUT2D eigenvalue weighted by molar-refractivity contribution is 6.03. The number of amides is 1. The summed E-state index contributed by atoms with van der Waals surface area (Å²) in [6.45, 7) is 1.73. The quantitative estimate of drug-likeness (QED) is 0.333. The number of alkyl halides is 1. The Labute approximate surface area is 250 Å². The Kier molecular flexibility index (Phi) is 5.94. The Balaban J connectivity index is 1.29. The predicted octanol–water partition coefficient (Wildman–Crippen LogP) is 3.84. The van der Waals surface area contributed by atoms with E-state index in [1.807, 2.05) is 4.90 Å². The number of hydrogen-bond donors (Lipinski definition) is 2. The van der Waals surface area contributed by atoms with Crippen LogP contribution in [-0.2, 0) is 4.79 Å². The maximum atomic E-state index is 16.7. The van der Waals surface area contributed by atoms with Crippen molar-refractivity contribution in [3.63, 3.8) is 0 Å². The molecule has 4 fully saturated rings. The predicted molar refractivity (Wildman–Crippen MR) is 156 cm³/mol. The third kappa shape index (κ3) is 3.99. The number of phenolic OH excluding ortho intramolecular Hbond substituents is 1. The van der Waals surface area contributed by atoms with Gasteiger partial charge in [0.1, 0.15) is 47.4 Å². The standard InChI is InChI=1S/C32H27F3N6O3/c1-2-20-23(34)5-4-16-8-19(42)10-21(25(16)20)27-26(35)28-22(12-36-27)29(41-14-18-9-24(41)30(43)37-18)39-31(38-28)44-15-32-6-3-7-40(32)13-17(33)11-32/h1,4-5,8,10,12,17-18,24,42H,3,6-7,9,11,13-15H2,(H,37,43). The van der Waals surface area contributed by atoms with Crippen molar-refractivity contribution in [3.05, 3.63) is 47.7 Å². The van der Waals surface area contributed by atoms with Crippen LogP contribution in [0.1, 0.15) is 31.2 Å². The molecule has 9 nitrogen and oxygen atoms in total. The summed E-state index contributed by atoms with van der Waals surface area (Å²) in [5.41, 5.74) is -0.803. The van der Waals surface area contributed by atoms with Gasteiger partial charge in [-0.3, -0.25) is 14.7 Å². The highest BCUT2D eigenvalue weighted by Gasteiger charge is 2.50. The average Bonchev–Trinajstić information content (AvgIpc) is 3.75. The Morgan fingerprint density at radius 3 is 2.89 bits per heavy atom. The summed E-state index contributed by atoms with van der Waals surface area (Å²) in [5, 5.41) is 14.3. The number of hydrogen-bond acceptors (Lipinski definition) is 8. The van der Waals surface area contributed by atoms with E-state index in [-0.39, 0.29) is 63.4 Å². The molecule has 6 heterocycles. The molecule has 0 aliphatic carbocycles. The Bertz CT molecular complexity index is 1930. The first-order chi connectivity index (χ1) is 21.2. The lowest BCUT2D eigenvalue weighted by atomic mass is 9.95. The Morgan fingerprint density at radius 2 is 2.09 bits per heavy atom. The van der Waals surface area contributed by atoms with Gasteiger partial charge in [-0.05, 0) is 49.4 Å². The molecule has 0 radical (unpaired) electrons. The molecule has 1 amide bonds. The van der Waals surface area contributed by atoms with E-state index in [1.54, 1.807) is 0 Å². The van der Waals surface area contributed by atoms with Crippen LogP contribution >= 0.6 is 0 Å². The molecule has 0 saturated carbocycles. The molecule has 2 N–H and O–H groups in total. The summed E-state index contributed by atoms with van der Waals surface area (Å²) in [7, 11) is 0. The number of nitrogens with zero attached hydrogens (tertiary/aromatic N) is 5. The fraction of sp³-hybridized carbons (Fsp3) is 0.375. The summed E-state index contributed by atoms with van der Waals surface area (Å²) < 4.78 is 52.0. The van der Waals surface area contributed by atoms with Crippen molar-refractivity contribution in [2.24, 2.45) is 0 Å². The van der Waals surface area contributed by atoms with Gasteiger partial charge in [-0.25, -0.2) is 13.2 Å². The normalized spacial score (nSPS) is 26.0. The molecule has 4 aliphatic heterocycles. The summed E-state index contributed by atoms with van der Waals surface area (Å²) >= 11 is 0. The topological polar surface area (TPSA) is 104 Å². The van der Waals surface area contributed by atoms with Crippen molar-refractivity contribution in [2.75, 3.05) is 31.1 Å². The molecule has 4 aliphatic rings. The average molecular weight is 601 g/mol. The van der Waals surface area contributed by atoms with Crippen molar-refractivity contribution in [1.29, 1.82) is 0 Å². The van der Waals surface area contributed by atoms with Crippen LogP contribution in [0.15, 0.2) is 30.5 Å². The first kappa shape index (κ1) is 27.0. The molecule has 4 saturated heterocycles. The number of phenols is 1. The minimum atomic E-state index is -0.952. The number of aromatic nitrogens is 3. The number of anilines is 1. The van der Waals surface area contributed by atoms with E-state index >= 15 is 4.39 Å². The van der Waals surface area contributed by atoms with Crippen LogP contribution in [0.5, 0.6) is 11.8 Å². The van der Waals surface area contributed by atoms with Crippen molar-refractivity contribution in [2.45, 2.75) is 49.5 Å². The van der Waals surface area contributed by atoms with Crippen molar-refractivity contribution in [1.82, 2.24) is 25.2 Å². The SMILES string of the molecule is C#Cc1c(F)ccc2cc(O)cc(-c3ncc4c(N5CC6CC5C(=O)N6)nc(OCC56CCCN5CC(F)C6)nc4c3F)c12. The van der Waals surface area contributed by atoms with E-state index in [1.165, 1.54) is 30.5 Å². The maximum absolute atomic E-state index is 16.7. The zero-order valence-electron chi connectivity index (χ0n) is 23.5. The van der Waals surface area contributed by atoms with E-state index in [0.29, 0.717) is 37.1 Å². The van der Waals surface area contributed by atoms with Gasteiger partial charge in [-0.15, -0.1) is 6.42 Å². The second kappa shape index (κ2) is 9.69. The Hall–Kier alpha value is -4.63. The monoisotopic (exact) mass is 600 g/mol. The van der Waals surface area contributed by atoms with E-state index in [4.69, 9.17) is 11.2 Å². The summed E-state index contributed by atoms with van der Waals surface area (Å²) in [5.74, 6) is 0.793. The zero-order valence-corrected chi connectivity index (χ0v) is 23.5. The fourth-order valence-electron chi connectivity index (χ4n) is 7.61. The van der Waals surface area contributed by atoms with E-state index in [9.17, 15) is 18.7 Å². The molecule has 4 atom stereocenters. The number of aromatic hydroxyl groups is 1. The van der Waals surface area contributed by atoms with Crippen LogP contribution in [0.3, 0.4) is 0 Å². The highest BCUT2D eigenvalue weighted by Crippen LogP contribution is 2.42. The van der Waals surface area contributed by atoms with Crippen molar-refractivity contribution in [3.8, 4) is 35.4 Å². The van der Waals surface area contributed by atoms with Gasteiger partial charge in [-0.1, -0.05) is 12.0 Å². The summed E-state index contributed by atoms with van der Waals surface area (Å²) in [6.07, 6.45) is 8.71. The third-order valence-electron chi connectivity index (χ3n) is 9.55. The Morgan fingerprint density at radius 1 is 1.23 bits per heavy atom. The van der Waals surface area contributed by atoms with Gasteiger partial charge >= 0.3 is 6.01 Å². The van der Waals surface area contributed by atoms with E-state index < -0.39 is 29.4 Å². The molecule has 44 heavy (non-hydrogen) atoms. The lowest BCUT2D eigenvalue weighted by Gasteiger charge is -2.31. The molecule has 4 aromatic rings. The summed E-state index contributed by atoms with van der Waals surface area (Å²) in [6, 6.07) is 4.67. The van der Waals surface area contributed by atoms with Crippen molar-refractivity contribution >= 4 is 33.4 Å². The molecule has 4 unspecified atom stereocenters. The smallest absolute Gasteiger partial charge is 0.319 e. The maximum Gasteiger partial charge on any atom is 0.319 e. The minimum Gasteiger partial charge on any atom is -0.508 e. The van der Waals surface area contributed by atoms with Crippen LogP contribution in [0.25, 0.3) is 32.9 Å². The summed E-state index contributed by atoms with van der Waals surface area (Å²) in [4.78, 5) is 30.0. The number of piperazine rings is 1. The number of halogens is 3. The van der Waals surface area contributed by atoms with Crippen LogP contribution in [0, 0.1) is 24.0 Å². The molecule has 2 bridgehead atoms. The molecule has 12 heteroatoms. The van der Waals surface area contributed by atoms with Crippen LogP contribution in [0.4, 0.5) is 19.0 Å². The lowest BCUT2D eigenvalue weighted by Crippen LogP contribution is -2.48. The van der Waals surface area contributed by atoms with Gasteiger partial charge in [-0.2, -0.15) is 9.97 Å². The lowest BCUT2D eigenvalue weighted by molar-refractivity contribution is -0.121. The molecule has 224 valence electrons. The number of rotatable bonds is 5. The zero-order chi connectivity index (χ0) is 30.3. The fourth-order valence-corrected chi connectivity index (χ4v) is 7.61. The second-order valence-corrected chi connectivity index (χ2v) is 12.1. The molecule has 8 rings (SSSR count). The number of pyridine rings is 1. The van der Waals surface area contributed by atoms with Gasteiger partial charge in [0.15, 0.2) is 5.82 Å².